The maximum atomic E-state index is 11.9. The number of benzene rings is 1. The first-order valence-corrected chi connectivity index (χ1v) is 6.68. The van der Waals surface area contributed by atoms with Gasteiger partial charge in [0.2, 0.25) is 11.8 Å². The molecule has 2 aromatic rings. The summed E-state index contributed by atoms with van der Waals surface area (Å²) in [7, 11) is 0. The Bertz CT molecular complexity index is 675. The van der Waals surface area contributed by atoms with Crippen LogP contribution in [0.3, 0.4) is 0 Å². The van der Waals surface area contributed by atoms with Crippen molar-refractivity contribution in [3.05, 3.63) is 42.7 Å². The molecule has 0 radical (unpaired) electrons. The minimum absolute atomic E-state index is 0.123. The molecule has 1 aromatic heterocycles. The Morgan fingerprint density at radius 3 is 2.81 bits per heavy atom. The van der Waals surface area contributed by atoms with Gasteiger partial charge in [0.25, 0.3) is 0 Å². The van der Waals surface area contributed by atoms with Crippen molar-refractivity contribution in [2.45, 2.75) is 20.0 Å². The second-order valence-corrected chi connectivity index (χ2v) is 4.61. The summed E-state index contributed by atoms with van der Waals surface area (Å²) >= 11 is 0. The molecule has 2 rings (SSSR count). The average molecular weight is 286 g/mol. The van der Waals surface area contributed by atoms with Crippen LogP contribution in [-0.2, 0) is 22.7 Å². The monoisotopic (exact) mass is 286 g/mol. The topological polar surface area (TPSA) is 76.0 Å². The summed E-state index contributed by atoms with van der Waals surface area (Å²) in [5.74, 6) is 0.395. The zero-order valence-corrected chi connectivity index (χ0v) is 11.9. The van der Waals surface area contributed by atoms with E-state index in [4.69, 9.17) is 0 Å². The molecular formula is C15H18N4O2. The van der Waals surface area contributed by atoms with Gasteiger partial charge in [-0.05, 0) is 12.1 Å². The number of amides is 2. The van der Waals surface area contributed by atoms with Crippen molar-refractivity contribution in [1.82, 2.24) is 20.2 Å². The number of para-hydroxylation sites is 2. The van der Waals surface area contributed by atoms with Crippen LogP contribution in [0.4, 0.5) is 0 Å². The summed E-state index contributed by atoms with van der Waals surface area (Å²) in [6, 6.07) is 7.56. The number of carbonyl (C=O) groups is 2. The molecule has 0 spiro atoms. The van der Waals surface area contributed by atoms with Gasteiger partial charge in [-0.25, -0.2) is 4.98 Å². The number of rotatable bonds is 6. The molecule has 0 fully saturated rings. The lowest BCUT2D eigenvalue weighted by molar-refractivity contribution is -0.121. The van der Waals surface area contributed by atoms with Crippen molar-refractivity contribution in [2.75, 3.05) is 6.54 Å². The average Bonchev–Trinajstić information content (AvgIpc) is 2.81. The largest absolute Gasteiger partial charge is 0.351 e. The van der Waals surface area contributed by atoms with Gasteiger partial charge in [-0.3, -0.25) is 9.59 Å². The van der Waals surface area contributed by atoms with Crippen LogP contribution in [0.15, 0.2) is 36.9 Å². The van der Waals surface area contributed by atoms with E-state index in [2.05, 4.69) is 22.2 Å². The number of nitrogens with one attached hydrogen (secondary N) is 2. The molecule has 0 atom stereocenters. The van der Waals surface area contributed by atoms with Crippen LogP contribution in [-0.4, -0.2) is 27.9 Å². The molecule has 0 bridgehead atoms. The molecule has 0 saturated heterocycles. The third-order valence-electron chi connectivity index (χ3n) is 2.97. The van der Waals surface area contributed by atoms with E-state index in [1.165, 1.54) is 6.92 Å². The Kier molecular flexibility index (Phi) is 4.71. The first-order chi connectivity index (χ1) is 10.1. The molecule has 1 aromatic carbocycles. The summed E-state index contributed by atoms with van der Waals surface area (Å²) in [6.45, 7) is 5.88. The summed E-state index contributed by atoms with van der Waals surface area (Å²) in [5, 5.41) is 5.44. The number of fused-ring (bicyclic) bond motifs is 1. The number of imidazole rings is 1. The van der Waals surface area contributed by atoms with E-state index in [1.807, 2.05) is 28.8 Å². The van der Waals surface area contributed by atoms with Gasteiger partial charge < -0.3 is 15.2 Å². The van der Waals surface area contributed by atoms with Gasteiger partial charge in [0.05, 0.1) is 17.6 Å². The third-order valence-corrected chi connectivity index (χ3v) is 2.97. The van der Waals surface area contributed by atoms with Gasteiger partial charge in [0.15, 0.2) is 0 Å². The smallest absolute Gasteiger partial charge is 0.240 e. The van der Waals surface area contributed by atoms with Crippen LogP contribution in [0.2, 0.25) is 0 Å². The molecule has 0 saturated carbocycles. The molecule has 2 N–H and O–H groups in total. The van der Waals surface area contributed by atoms with Crippen molar-refractivity contribution in [2.24, 2.45) is 0 Å². The molecule has 6 nitrogen and oxygen atoms in total. The standard InChI is InChI=1S/C15H18N4O2/c1-3-8-16-15(21)10-19-13-7-5-4-6-12(13)18-14(19)9-17-11(2)20/h3-7H,1,8-10H2,2H3,(H,16,21)(H,17,20). The van der Waals surface area contributed by atoms with Crippen molar-refractivity contribution in [1.29, 1.82) is 0 Å². The molecule has 1 heterocycles. The molecule has 110 valence electrons. The molecular weight excluding hydrogens is 268 g/mol. The fourth-order valence-electron chi connectivity index (χ4n) is 2.03. The first-order valence-electron chi connectivity index (χ1n) is 6.68. The van der Waals surface area contributed by atoms with Crippen LogP contribution in [0.1, 0.15) is 12.7 Å². The lowest BCUT2D eigenvalue weighted by Gasteiger charge is -2.09. The zero-order valence-electron chi connectivity index (χ0n) is 11.9. The normalized spacial score (nSPS) is 10.3. The maximum absolute atomic E-state index is 11.9. The number of hydrogen-bond acceptors (Lipinski definition) is 3. The van der Waals surface area contributed by atoms with Crippen LogP contribution in [0.25, 0.3) is 11.0 Å². The number of hydrogen-bond donors (Lipinski definition) is 2. The van der Waals surface area contributed by atoms with E-state index in [1.54, 1.807) is 6.08 Å². The highest BCUT2D eigenvalue weighted by atomic mass is 16.2. The Labute approximate surface area is 122 Å². The highest BCUT2D eigenvalue weighted by Crippen LogP contribution is 2.15. The molecule has 21 heavy (non-hydrogen) atoms. The Morgan fingerprint density at radius 1 is 1.33 bits per heavy atom. The van der Waals surface area contributed by atoms with E-state index in [9.17, 15) is 9.59 Å². The minimum atomic E-state index is -0.135. The van der Waals surface area contributed by atoms with Crippen LogP contribution < -0.4 is 10.6 Å². The molecule has 0 unspecified atom stereocenters. The SMILES string of the molecule is C=CCNC(=O)Cn1c(CNC(C)=O)nc2ccccc21. The van der Waals surface area contributed by atoms with E-state index in [0.29, 0.717) is 18.9 Å². The van der Waals surface area contributed by atoms with Crippen molar-refractivity contribution >= 4 is 22.8 Å². The van der Waals surface area contributed by atoms with Gasteiger partial charge >= 0.3 is 0 Å². The van der Waals surface area contributed by atoms with Gasteiger partial charge in [-0.1, -0.05) is 18.2 Å². The first kappa shape index (κ1) is 14.8. The number of nitrogens with zero attached hydrogens (tertiary/aromatic N) is 2. The fraction of sp³-hybridized carbons (Fsp3) is 0.267. The minimum Gasteiger partial charge on any atom is -0.351 e. The van der Waals surface area contributed by atoms with E-state index in [0.717, 1.165) is 11.0 Å². The summed E-state index contributed by atoms with van der Waals surface area (Å²) in [5.41, 5.74) is 1.67. The Morgan fingerprint density at radius 2 is 2.10 bits per heavy atom. The zero-order chi connectivity index (χ0) is 15.2. The molecule has 0 aliphatic heterocycles. The van der Waals surface area contributed by atoms with Crippen molar-refractivity contribution in [3.63, 3.8) is 0 Å². The quantitative estimate of drug-likeness (QED) is 0.777. The Balaban J connectivity index is 2.28. The second kappa shape index (κ2) is 6.69. The Hall–Kier alpha value is -2.63. The number of carbonyl (C=O) groups excluding carboxylic acids is 2. The molecule has 2 amide bonds. The van der Waals surface area contributed by atoms with Crippen molar-refractivity contribution < 1.29 is 9.59 Å². The second-order valence-electron chi connectivity index (χ2n) is 4.61. The van der Waals surface area contributed by atoms with Gasteiger partial charge in [0.1, 0.15) is 12.4 Å². The summed E-state index contributed by atoms with van der Waals surface area (Å²) in [6.07, 6.45) is 1.63. The number of aromatic nitrogens is 2. The summed E-state index contributed by atoms with van der Waals surface area (Å²) < 4.78 is 1.81. The summed E-state index contributed by atoms with van der Waals surface area (Å²) in [4.78, 5) is 27.4. The van der Waals surface area contributed by atoms with Crippen LogP contribution in [0, 0.1) is 0 Å². The highest BCUT2D eigenvalue weighted by molar-refractivity contribution is 5.81. The molecule has 6 heteroatoms. The lowest BCUT2D eigenvalue weighted by Crippen LogP contribution is -2.29. The van der Waals surface area contributed by atoms with Crippen LogP contribution in [0.5, 0.6) is 0 Å². The van der Waals surface area contributed by atoms with Gasteiger partial charge in [-0.15, -0.1) is 6.58 Å². The predicted octanol–water partition coefficient (Wildman–Crippen LogP) is 0.975. The van der Waals surface area contributed by atoms with Crippen LogP contribution >= 0.6 is 0 Å². The van der Waals surface area contributed by atoms with E-state index < -0.39 is 0 Å². The van der Waals surface area contributed by atoms with Gasteiger partial charge in [0, 0.05) is 13.5 Å². The highest BCUT2D eigenvalue weighted by Gasteiger charge is 2.13. The fourth-order valence-corrected chi connectivity index (χ4v) is 2.03. The molecule has 0 aliphatic carbocycles. The third kappa shape index (κ3) is 3.68. The van der Waals surface area contributed by atoms with E-state index >= 15 is 0 Å². The predicted molar refractivity (Wildman–Crippen MR) is 80.5 cm³/mol. The van der Waals surface area contributed by atoms with E-state index in [-0.39, 0.29) is 18.4 Å². The maximum Gasteiger partial charge on any atom is 0.240 e. The van der Waals surface area contributed by atoms with Crippen molar-refractivity contribution in [3.8, 4) is 0 Å². The van der Waals surface area contributed by atoms with Gasteiger partial charge in [-0.2, -0.15) is 0 Å². The molecule has 0 aliphatic rings. The lowest BCUT2D eigenvalue weighted by atomic mass is 10.3.